The highest BCUT2D eigenvalue weighted by Crippen LogP contribution is 2.31. The molecule has 0 saturated carbocycles. The summed E-state index contributed by atoms with van der Waals surface area (Å²) in [5.41, 5.74) is 8.31. The van der Waals surface area contributed by atoms with Crippen molar-refractivity contribution >= 4 is 6.09 Å². The molecule has 1 aliphatic rings. The van der Waals surface area contributed by atoms with Gasteiger partial charge in [-0.15, -0.1) is 0 Å². The topological polar surface area (TPSA) is 64.3 Å². The van der Waals surface area contributed by atoms with E-state index in [0.29, 0.717) is 12.3 Å². The molecule has 1 unspecified atom stereocenters. The Morgan fingerprint density at radius 2 is 2.44 bits per heavy atom. The second kappa shape index (κ2) is 4.53. The number of fused-ring (bicyclic) bond motifs is 1. The van der Waals surface area contributed by atoms with Gasteiger partial charge in [0.05, 0.1) is 0 Å². The van der Waals surface area contributed by atoms with E-state index in [4.69, 9.17) is 10.5 Å². The van der Waals surface area contributed by atoms with Crippen molar-refractivity contribution in [2.45, 2.75) is 25.8 Å². The SMILES string of the molecule is CCNC(=O)Oc1ccc2c(c1)C(N)CC2. The second-order valence-corrected chi connectivity index (χ2v) is 3.93. The summed E-state index contributed by atoms with van der Waals surface area (Å²) in [6, 6.07) is 5.73. The number of aryl methyl sites for hydroxylation is 1. The van der Waals surface area contributed by atoms with E-state index in [1.54, 1.807) is 0 Å². The molecule has 1 amide bonds. The maximum Gasteiger partial charge on any atom is 0.412 e. The number of benzene rings is 1. The normalized spacial score (nSPS) is 18.0. The fourth-order valence-corrected chi connectivity index (χ4v) is 1.96. The van der Waals surface area contributed by atoms with E-state index in [0.717, 1.165) is 18.4 Å². The first-order chi connectivity index (χ1) is 7.70. The van der Waals surface area contributed by atoms with Crippen molar-refractivity contribution in [1.29, 1.82) is 0 Å². The van der Waals surface area contributed by atoms with Crippen LogP contribution in [0.3, 0.4) is 0 Å². The lowest BCUT2D eigenvalue weighted by Crippen LogP contribution is -2.26. The molecular formula is C12H16N2O2. The predicted molar refractivity (Wildman–Crippen MR) is 61.4 cm³/mol. The van der Waals surface area contributed by atoms with Crippen molar-refractivity contribution in [1.82, 2.24) is 5.32 Å². The minimum Gasteiger partial charge on any atom is -0.410 e. The maximum absolute atomic E-state index is 11.2. The number of carbonyl (C=O) groups excluding carboxylic acids is 1. The van der Waals surface area contributed by atoms with Crippen LogP contribution in [0.5, 0.6) is 5.75 Å². The molecule has 0 bridgehead atoms. The summed E-state index contributed by atoms with van der Waals surface area (Å²) in [6.07, 6.45) is 1.56. The number of amides is 1. The van der Waals surface area contributed by atoms with Crippen molar-refractivity contribution < 1.29 is 9.53 Å². The molecule has 4 nitrogen and oxygen atoms in total. The smallest absolute Gasteiger partial charge is 0.410 e. The van der Waals surface area contributed by atoms with Crippen LogP contribution in [-0.4, -0.2) is 12.6 Å². The molecular weight excluding hydrogens is 204 g/mol. The lowest BCUT2D eigenvalue weighted by Gasteiger charge is -2.08. The summed E-state index contributed by atoms with van der Waals surface area (Å²) in [4.78, 5) is 11.2. The predicted octanol–water partition coefficient (Wildman–Crippen LogP) is 1.74. The van der Waals surface area contributed by atoms with Gasteiger partial charge in [-0.2, -0.15) is 0 Å². The van der Waals surface area contributed by atoms with Crippen LogP contribution in [0.4, 0.5) is 4.79 Å². The van der Waals surface area contributed by atoms with Crippen LogP contribution in [0, 0.1) is 0 Å². The lowest BCUT2D eigenvalue weighted by atomic mass is 10.1. The zero-order valence-electron chi connectivity index (χ0n) is 9.32. The van der Waals surface area contributed by atoms with Gasteiger partial charge in [0.2, 0.25) is 0 Å². The molecule has 0 saturated heterocycles. The first-order valence-electron chi connectivity index (χ1n) is 5.54. The molecule has 0 spiro atoms. The van der Waals surface area contributed by atoms with E-state index in [1.165, 1.54) is 5.56 Å². The number of hydrogen-bond acceptors (Lipinski definition) is 3. The average molecular weight is 220 g/mol. The zero-order valence-corrected chi connectivity index (χ0v) is 9.32. The first kappa shape index (κ1) is 11.0. The van der Waals surface area contributed by atoms with E-state index < -0.39 is 6.09 Å². The molecule has 86 valence electrons. The fourth-order valence-electron chi connectivity index (χ4n) is 1.96. The van der Waals surface area contributed by atoms with Crippen molar-refractivity contribution in [3.8, 4) is 5.75 Å². The third-order valence-corrected chi connectivity index (χ3v) is 2.77. The van der Waals surface area contributed by atoms with Gasteiger partial charge in [0.1, 0.15) is 5.75 Å². The summed E-state index contributed by atoms with van der Waals surface area (Å²) < 4.78 is 5.12. The third-order valence-electron chi connectivity index (χ3n) is 2.77. The summed E-state index contributed by atoms with van der Waals surface area (Å²) >= 11 is 0. The number of nitrogens with one attached hydrogen (secondary N) is 1. The molecule has 1 atom stereocenters. The molecule has 0 heterocycles. The fraction of sp³-hybridized carbons (Fsp3) is 0.417. The van der Waals surface area contributed by atoms with Gasteiger partial charge in [-0.25, -0.2) is 4.79 Å². The van der Waals surface area contributed by atoms with Crippen LogP contribution in [0.2, 0.25) is 0 Å². The number of ether oxygens (including phenoxy) is 1. The molecule has 16 heavy (non-hydrogen) atoms. The van der Waals surface area contributed by atoms with Gasteiger partial charge in [0, 0.05) is 12.6 Å². The lowest BCUT2D eigenvalue weighted by molar-refractivity contribution is 0.201. The second-order valence-electron chi connectivity index (χ2n) is 3.93. The van der Waals surface area contributed by atoms with Crippen molar-refractivity contribution in [2.75, 3.05) is 6.54 Å². The van der Waals surface area contributed by atoms with E-state index in [-0.39, 0.29) is 6.04 Å². The Bertz CT molecular complexity index is 404. The number of carbonyl (C=O) groups is 1. The monoisotopic (exact) mass is 220 g/mol. The van der Waals surface area contributed by atoms with Crippen LogP contribution in [-0.2, 0) is 6.42 Å². The van der Waals surface area contributed by atoms with Crippen molar-refractivity contribution in [3.05, 3.63) is 29.3 Å². The van der Waals surface area contributed by atoms with Crippen molar-refractivity contribution in [2.24, 2.45) is 5.73 Å². The highest BCUT2D eigenvalue weighted by molar-refractivity contribution is 5.70. The van der Waals surface area contributed by atoms with Gasteiger partial charge in [-0.1, -0.05) is 6.07 Å². The molecule has 1 aromatic carbocycles. The Morgan fingerprint density at radius 1 is 1.62 bits per heavy atom. The maximum atomic E-state index is 11.2. The molecule has 0 radical (unpaired) electrons. The molecule has 1 aromatic rings. The molecule has 1 aliphatic carbocycles. The van der Waals surface area contributed by atoms with E-state index >= 15 is 0 Å². The highest BCUT2D eigenvalue weighted by Gasteiger charge is 2.19. The molecule has 0 aliphatic heterocycles. The van der Waals surface area contributed by atoms with Crippen molar-refractivity contribution in [3.63, 3.8) is 0 Å². The first-order valence-corrected chi connectivity index (χ1v) is 5.54. The van der Waals surface area contributed by atoms with Gasteiger partial charge in [0.15, 0.2) is 0 Å². The minimum atomic E-state index is -0.422. The molecule has 0 fully saturated rings. The Hall–Kier alpha value is -1.55. The largest absolute Gasteiger partial charge is 0.412 e. The number of nitrogens with two attached hydrogens (primary N) is 1. The van der Waals surface area contributed by atoms with Gasteiger partial charge in [-0.05, 0) is 43.0 Å². The van der Waals surface area contributed by atoms with Gasteiger partial charge >= 0.3 is 6.09 Å². The average Bonchev–Trinajstić information content (AvgIpc) is 2.61. The number of rotatable bonds is 2. The van der Waals surface area contributed by atoms with Crippen LogP contribution < -0.4 is 15.8 Å². The summed E-state index contributed by atoms with van der Waals surface area (Å²) in [5, 5.41) is 2.58. The van der Waals surface area contributed by atoms with E-state index in [2.05, 4.69) is 5.32 Å². The summed E-state index contributed by atoms with van der Waals surface area (Å²) in [5.74, 6) is 0.557. The van der Waals surface area contributed by atoms with Gasteiger partial charge in [0.25, 0.3) is 0 Å². The Kier molecular flexibility index (Phi) is 3.10. The van der Waals surface area contributed by atoms with Crippen LogP contribution in [0.1, 0.15) is 30.5 Å². The number of hydrogen-bond donors (Lipinski definition) is 2. The van der Waals surface area contributed by atoms with Gasteiger partial charge in [-0.3, -0.25) is 0 Å². The molecule has 0 aromatic heterocycles. The summed E-state index contributed by atoms with van der Waals surface area (Å²) in [7, 11) is 0. The Balaban J connectivity index is 2.12. The molecule has 2 rings (SSSR count). The minimum absolute atomic E-state index is 0.0767. The molecule has 3 N–H and O–H groups in total. The highest BCUT2D eigenvalue weighted by atomic mass is 16.5. The standard InChI is InChI=1S/C12H16N2O2/c1-2-14-12(15)16-9-5-3-8-4-6-11(13)10(8)7-9/h3,5,7,11H,2,4,6,13H2,1H3,(H,14,15). The Morgan fingerprint density at radius 3 is 3.19 bits per heavy atom. The van der Waals surface area contributed by atoms with E-state index in [9.17, 15) is 4.79 Å². The summed E-state index contributed by atoms with van der Waals surface area (Å²) in [6.45, 7) is 2.41. The molecule has 4 heteroatoms. The van der Waals surface area contributed by atoms with E-state index in [1.807, 2.05) is 25.1 Å². The van der Waals surface area contributed by atoms with Gasteiger partial charge < -0.3 is 15.8 Å². The van der Waals surface area contributed by atoms with Crippen LogP contribution >= 0.6 is 0 Å². The van der Waals surface area contributed by atoms with Crippen LogP contribution in [0.25, 0.3) is 0 Å². The van der Waals surface area contributed by atoms with Crippen LogP contribution in [0.15, 0.2) is 18.2 Å². The zero-order chi connectivity index (χ0) is 11.5. The third kappa shape index (κ3) is 2.17. The Labute approximate surface area is 94.8 Å². The quantitative estimate of drug-likeness (QED) is 0.798.